The van der Waals surface area contributed by atoms with Gasteiger partial charge in [-0.3, -0.25) is 0 Å². The van der Waals surface area contributed by atoms with Crippen LogP contribution >= 0.6 is 0 Å². The minimum Gasteiger partial charge on any atom is -0.314 e. The van der Waals surface area contributed by atoms with Gasteiger partial charge in [0, 0.05) is 19.1 Å². The summed E-state index contributed by atoms with van der Waals surface area (Å²) >= 11 is 0. The summed E-state index contributed by atoms with van der Waals surface area (Å²) in [4.78, 5) is 0. The second-order valence-electron chi connectivity index (χ2n) is 7.65. The van der Waals surface area contributed by atoms with Gasteiger partial charge in [0.1, 0.15) is 0 Å². The van der Waals surface area contributed by atoms with Crippen molar-refractivity contribution in [1.29, 1.82) is 0 Å². The first-order chi connectivity index (χ1) is 9.26. The molecular formula is C15H30N2O2S. The first-order valence-corrected chi connectivity index (χ1v) is 9.58. The number of nitrogens with zero attached hydrogens (tertiary/aromatic N) is 1. The number of sulfonamides is 1. The largest absolute Gasteiger partial charge is 0.314 e. The third-order valence-corrected chi connectivity index (χ3v) is 6.22. The molecule has 1 aliphatic heterocycles. The molecule has 118 valence electrons. The van der Waals surface area contributed by atoms with E-state index >= 15 is 0 Å². The SMILES string of the molecule is CC(C)(C)CCS(=O)(=O)N1CCC(CNC2CC2)CC1. The molecule has 2 aliphatic rings. The molecule has 0 aromatic rings. The number of hydrogen-bond acceptors (Lipinski definition) is 3. The van der Waals surface area contributed by atoms with Crippen molar-refractivity contribution in [3.05, 3.63) is 0 Å². The van der Waals surface area contributed by atoms with Crippen LogP contribution in [0.5, 0.6) is 0 Å². The zero-order chi connectivity index (χ0) is 14.8. The van der Waals surface area contributed by atoms with Gasteiger partial charge >= 0.3 is 0 Å². The minimum absolute atomic E-state index is 0.0829. The molecule has 0 aromatic heterocycles. The third kappa shape index (κ3) is 5.34. The van der Waals surface area contributed by atoms with Gasteiger partial charge in [-0.15, -0.1) is 0 Å². The standard InChI is InChI=1S/C15H30N2O2S/c1-15(2,3)8-11-20(18,19)17-9-6-13(7-10-17)12-16-14-4-5-14/h13-14,16H,4-12H2,1-3H3. The van der Waals surface area contributed by atoms with Crippen molar-refractivity contribution in [3.63, 3.8) is 0 Å². The fraction of sp³-hybridized carbons (Fsp3) is 1.00. The Morgan fingerprint density at radius 3 is 2.20 bits per heavy atom. The molecule has 1 heterocycles. The molecule has 0 radical (unpaired) electrons. The van der Waals surface area contributed by atoms with Gasteiger partial charge in [0.15, 0.2) is 0 Å². The van der Waals surface area contributed by atoms with Gasteiger partial charge in [-0.2, -0.15) is 0 Å². The summed E-state index contributed by atoms with van der Waals surface area (Å²) in [5, 5.41) is 3.56. The fourth-order valence-electron chi connectivity index (χ4n) is 2.58. The number of hydrogen-bond donors (Lipinski definition) is 1. The highest BCUT2D eigenvalue weighted by atomic mass is 32.2. The monoisotopic (exact) mass is 302 g/mol. The molecular weight excluding hydrogens is 272 g/mol. The second kappa shape index (κ2) is 6.32. The van der Waals surface area contributed by atoms with Gasteiger partial charge in [0.25, 0.3) is 0 Å². The summed E-state index contributed by atoms with van der Waals surface area (Å²) in [7, 11) is -3.05. The minimum atomic E-state index is -3.05. The van der Waals surface area contributed by atoms with Crippen LogP contribution in [-0.4, -0.2) is 44.2 Å². The van der Waals surface area contributed by atoms with Crippen LogP contribution in [0.4, 0.5) is 0 Å². The molecule has 1 N–H and O–H groups in total. The molecule has 5 heteroatoms. The lowest BCUT2D eigenvalue weighted by Gasteiger charge is -2.32. The lowest BCUT2D eigenvalue weighted by molar-refractivity contribution is 0.265. The Balaban J connectivity index is 1.73. The third-order valence-electron chi connectivity index (χ3n) is 4.35. The van der Waals surface area contributed by atoms with E-state index in [2.05, 4.69) is 26.1 Å². The molecule has 1 saturated carbocycles. The Labute approximate surface area is 124 Å². The molecule has 4 nitrogen and oxygen atoms in total. The van der Waals surface area contributed by atoms with Crippen molar-refractivity contribution in [3.8, 4) is 0 Å². The molecule has 0 amide bonds. The first kappa shape index (κ1) is 16.2. The van der Waals surface area contributed by atoms with Crippen molar-refractivity contribution in [2.24, 2.45) is 11.3 Å². The van der Waals surface area contributed by atoms with Crippen LogP contribution in [0.25, 0.3) is 0 Å². The van der Waals surface area contributed by atoms with Crippen molar-refractivity contribution in [1.82, 2.24) is 9.62 Å². The van der Waals surface area contributed by atoms with E-state index in [9.17, 15) is 8.42 Å². The topological polar surface area (TPSA) is 49.4 Å². The highest BCUT2D eigenvalue weighted by molar-refractivity contribution is 7.89. The normalized spacial score (nSPS) is 23.1. The number of rotatable bonds is 6. The highest BCUT2D eigenvalue weighted by Gasteiger charge is 2.30. The molecule has 1 aliphatic carbocycles. The van der Waals surface area contributed by atoms with Gasteiger partial charge in [-0.1, -0.05) is 20.8 Å². The molecule has 0 spiro atoms. The molecule has 0 bridgehead atoms. The quantitative estimate of drug-likeness (QED) is 0.818. The molecule has 0 atom stereocenters. The van der Waals surface area contributed by atoms with Crippen molar-refractivity contribution >= 4 is 10.0 Å². The van der Waals surface area contributed by atoms with Crippen LogP contribution in [0.3, 0.4) is 0 Å². The average Bonchev–Trinajstić information content (AvgIpc) is 3.18. The Bertz CT molecular complexity index is 402. The van der Waals surface area contributed by atoms with Gasteiger partial charge < -0.3 is 5.32 Å². The predicted octanol–water partition coefficient (Wildman–Crippen LogP) is 2.22. The number of nitrogens with one attached hydrogen (secondary N) is 1. The van der Waals surface area contributed by atoms with E-state index in [0.29, 0.717) is 24.8 Å². The maximum Gasteiger partial charge on any atom is 0.214 e. The second-order valence-corrected chi connectivity index (χ2v) is 9.74. The van der Waals surface area contributed by atoms with E-state index in [4.69, 9.17) is 0 Å². The van der Waals surface area contributed by atoms with E-state index < -0.39 is 10.0 Å². The van der Waals surface area contributed by atoms with Gasteiger partial charge in [0.2, 0.25) is 10.0 Å². The van der Waals surface area contributed by atoms with E-state index in [-0.39, 0.29) is 5.41 Å². The molecule has 2 fully saturated rings. The molecule has 0 unspecified atom stereocenters. The molecule has 20 heavy (non-hydrogen) atoms. The van der Waals surface area contributed by atoms with Crippen molar-refractivity contribution in [2.75, 3.05) is 25.4 Å². The average molecular weight is 302 g/mol. The van der Waals surface area contributed by atoms with Crippen molar-refractivity contribution in [2.45, 2.75) is 58.9 Å². The van der Waals surface area contributed by atoms with Gasteiger partial charge in [-0.25, -0.2) is 12.7 Å². The Morgan fingerprint density at radius 1 is 1.10 bits per heavy atom. The smallest absolute Gasteiger partial charge is 0.214 e. The van der Waals surface area contributed by atoms with Crippen LogP contribution in [-0.2, 0) is 10.0 Å². The summed E-state index contributed by atoms with van der Waals surface area (Å²) in [5.74, 6) is 0.950. The van der Waals surface area contributed by atoms with E-state index in [1.807, 2.05) is 0 Å². The summed E-state index contributed by atoms with van der Waals surface area (Å²) in [6, 6.07) is 0.753. The Kier molecular flexibility index (Phi) is 5.14. The molecule has 0 aromatic carbocycles. The maximum absolute atomic E-state index is 12.3. The fourth-order valence-corrected chi connectivity index (χ4v) is 4.47. The first-order valence-electron chi connectivity index (χ1n) is 7.97. The highest BCUT2D eigenvalue weighted by Crippen LogP contribution is 2.25. The predicted molar refractivity (Wildman–Crippen MR) is 83.2 cm³/mol. The summed E-state index contributed by atoms with van der Waals surface area (Å²) in [5.41, 5.74) is 0.0829. The maximum atomic E-state index is 12.3. The van der Waals surface area contributed by atoms with Crippen LogP contribution in [0.1, 0.15) is 52.9 Å². The van der Waals surface area contributed by atoms with Crippen molar-refractivity contribution < 1.29 is 8.42 Å². The summed E-state index contributed by atoms with van der Waals surface area (Å²) in [6.07, 6.45) is 5.39. The zero-order valence-electron chi connectivity index (χ0n) is 13.2. The number of piperidine rings is 1. The van der Waals surface area contributed by atoms with Gasteiger partial charge in [0.05, 0.1) is 5.75 Å². The van der Waals surface area contributed by atoms with Crippen LogP contribution < -0.4 is 5.32 Å². The summed E-state index contributed by atoms with van der Waals surface area (Å²) < 4.78 is 26.4. The zero-order valence-corrected chi connectivity index (χ0v) is 14.0. The Morgan fingerprint density at radius 2 is 1.70 bits per heavy atom. The van der Waals surface area contributed by atoms with Crippen LogP contribution in [0.15, 0.2) is 0 Å². The van der Waals surface area contributed by atoms with Gasteiger partial charge in [-0.05, 0) is 50.0 Å². The van der Waals surface area contributed by atoms with Crippen LogP contribution in [0.2, 0.25) is 0 Å². The lowest BCUT2D eigenvalue weighted by Crippen LogP contribution is -2.42. The van der Waals surface area contributed by atoms with E-state index in [1.165, 1.54) is 12.8 Å². The lowest BCUT2D eigenvalue weighted by atomic mass is 9.94. The summed E-state index contributed by atoms with van der Waals surface area (Å²) in [6.45, 7) is 8.78. The Hall–Kier alpha value is -0.130. The van der Waals surface area contributed by atoms with E-state index in [0.717, 1.165) is 31.8 Å². The molecule has 1 saturated heterocycles. The van der Waals surface area contributed by atoms with E-state index in [1.54, 1.807) is 4.31 Å². The molecule has 2 rings (SSSR count). The van der Waals surface area contributed by atoms with Crippen LogP contribution in [0, 0.1) is 11.3 Å².